The number of rotatable bonds is 3. The van der Waals surface area contributed by atoms with Gasteiger partial charge in [-0.05, 0) is 51.2 Å². The van der Waals surface area contributed by atoms with Crippen LogP contribution < -0.4 is 5.32 Å². The normalized spacial score (nSPS) is 16.6. The predicted molar refractivity (Wildman–Crippen MR) is 72.1 cm³/mol. The maximum Gasteiger partial charge on any atom is 0.289 e. The Morgan fingerprint density at radius 2 is 2.21 bits per heavy atom. The zero-order valence-corrected chi connectivity index (χ0v) is 11.5. The molecule has 100 valence electrons. The summed E-state index contributed by atoms with van der Waals surface area (Å²) in [6.07, 6.45) is 4.12. The molecule has 19 heavy (non-hydrogen) atoms. The fraction of sp³-hybridized carbons (Fsp3) is 0.500. The van der Waals surface area contributed by atoms with Gasteiger partial charge >= 0.3 is 0 Å². The van der Waals surface area contributed by atoms with Crippen LogP contribution in [0.3, 0.4) is 0 Å². The lowest BCUT2D eigenvalue weighted by atomic mass is 10.2. The molecule has 1 aliphatic rings. The van der Waals surface area contributed by atoms with Crippen molar-refractivity contribution < 1.29 is 4.79 Å². The standard InChI is InChI=1S/C14H18N4O/c1-8-6-9(2)17-18-12(8)7-15-13(18)14(19)16-10(3)11-4-5-11/h6-7,10-11H,4-5H2,1-3H3,(H,16,19). The summed E-state index contributed by atoms with van der Waals surface area (Å²) < 4.78 is 1.64. The summed E-state index contributed by atoms with van der Waals surface area (Å²) in [5, 5.41) is 7.39. The number of hydrogen-bond donors (Lipinski definition) is 1. The number of hydrogen-bond acceptors (Lipinski definition) is 3. The topological polar surface area (TPSA) is 59.3 Å². The summed E-state index contributed by atoms with van der Waals surface area (Å²) in [6, 6.07) is 2.21. The second-order valence-electron chi connectivity index (χ2n) is 5.45. The van der Waals surface area contributed by atoms with Crippen LogP contribution in [0.1, 0.15) is 41.6 Å². The Bertz CT molecular complexity index is 642. The Labute approximate surface area is 112 Å². The summed E-state index contributed by atoms with van der Waals surface area (Å²) in [5.74, 6) is 0.859. The molecule has 1 N–H and O–H groups in total. The molecule has 0 aromatic carbocycles. The van der Waals surface area contributed by atoms with Crippen molar-refractivity contribution >= 4 is 11.4 Å². The molecule has 5 nitrogen and oxygen atoms in total. The number of carbonyl (C=O) groups is 1. The van der Waals surface area contributed by atoms with Gasteiger partial charge in [0.15, 0.2) is 0 Å². The van der Waals surface area contributed by atoms with Gasteiger partial charge in [-0.2, -0.15) is 5.10 Å². The molecule has 5 heteroatoms. The van der Waals surface area contributed by atoms with Crippen molar-refractivity contribution in [2.45, 2.75) is 39.7 Å². The molecule has 3 rings (SSSR count). The highest BCUT2D eigenvalue weighted by atomic mass is 16.2. The Morgan fingerprint density at radius 1 is 1.47 bits per heavy atom. The SMILES string of the molecule is Cc1cc(C)c2cnc(C(=O)NC(C)C3CC3)n2n1. The van der Waals surface area contributed by atoms with Gasteiger partial charge in [0.05, 0.1) is 17.4 Å². The van der Waals surface area contributed by atoms with E-state index in [1.165, 1.54) is 12.8 Å². The van der Waals surface area contributed by atoms with Crippen LogP contribution in [-0.4, -0.2) is 26.5 Å². The Morgan fingerprint density at radius 3 is 2.89 bits per heavy atom. The van der Waals surface area contributed by atoms with E-state index >= 15 is 0 Å². The predicted octanol–water partition coefficient (Wildman–Crippen LogP) is 1.87. The van der Waals surface area contributed by atoms with Gasteiger partial charge in [-0.25, -0.2) is 9.50 Å². The molecule has 1 aliphatic carbocycles. The van der Waals surface area contributed by atoms with Gasteiger partial charge in [0, 0.05) is 6.04 Å². The minimum absolute atomic E-state index is 0.142. The van der Waals surface area contributed by atoms with Crippen LogP contribution in [-0.2, 0) is 0 Å². The number of aryl methyl sites for hydroxylation is 2. The van der Waals surface area contributed by atoms with Gasteiger partial charge in [0.25, 0.3) is 5.91 Å². The first-order chi connectivity index (χ1) is 9.06. The zero-order valence-electron chi connectivity index (χ0n) is 11.5. The van der Waals surface area contributed by atoms with Gasteiger partial charge in [-0.3, -0.25) is 4.79 Å². The summed E-state index contributed by atoms with van der Waals surface area (Å²) in [5.41, 5.74) is 2.84. The second kappa shape index (κ2) is 4.33. The van der Waals surface area contributed by atoms with Crippen LogP contribution in [0.15, 0.2) is 12.3 Å². The van der Waals surface area contributed by atoms with Crippen molar-refractivity contribution in [1.82, 2.24) is 19.9 Å². The molecule has 0 spiro atoms. The van der Waals surface area contributed by atoms with Crippen molar-refractivity contribution in [3.8, 4) is 0 Å². The van der Waals surface area contributed by atoms with Crippen molar-refractivity contribution in [2.75, 3.05) is 0 Å². The number of nitrogens with zero attached hydrogens (tertiary/aromatic N) is 3. The lowest BCUT2D eigenvalue weighted by molar-refractivity contribution is 0.0923. The lowest BCUT2D eigenvalue weighted by Crippen LogP contribution is -2.35. The summed E-state index contributed by atoms with van der Waals surface area (Å²) in [4.78, 5) is 16.5. The van der Waals surface area contributed by atoms with E-state index in [0.717, 1.165) is 16.8 Å². The molecule has 1 atom stereocenters. The van der Waals surface area contributed by atoms with E-state index in [2.05, 4.69) is 22.3 Å². The zero-order chi connectivity index (χ0) is 13.6. The van der Waals surface area contributed by atoms with E-state index in [-0.39, 0.29) is 11.9 Å². The quantitative estimate of drug-likeness (QED) is 0.914. The molecule has 1 fully saturated rings. The molecule has 1 amide bonds. The Balaban J connectivity index is 1.93. The van der Waals surface area contributed by atoms with Crippen molar-refractivity contribution in [3.63, 3.8) is 0 Å². The minimum atomic E-state index is -0.142. The molecule has 2 aromatic heterocycles. The van der Waals surface area contributed by atoms with Gasteiger partial charge < -0.3 is 5.32 Å². The van der Waals surface area contributed by atoms with Crippen LogP contribution in [0.2, 0.25) is 0 Å². The van der Waals surface area contributed by atoms with Crippen LogP contribution in [0.25, 0.3) is 5.52 Å². The minimum Gasteiger partial charge on any atom is -0.347 e. The summed E-state index contributed by atoms with van der Waals surface area (Å²) >= 11 is 0. The number of carbonyl (C=O) groups excluding carboxylic acids is 1. The molecule has 2 heterocycles. The molecule has 2 aromatic rings. The van der Waals surface area contributed by atoms with E-state index < -0.39 is 0 Å². The Hall–Kier alpha value is -1.91. The van der Waals surface area contributed by atoms with Gasteiger partial charge in [-0.1, -0.05) is 0 Å². The van der Waals surface area contributed by atoms with E-state index in [1.807, 2.05) is 19.9 Å². The Kier molecular flexibility index (Phi) is 2.77. The third-order valence-corrected chi connectivity index (χ3v) is 3.72. The average molecular weight is 258 g/mol. The molecular weight excluding hydrogens is 240 g/mol. The highest BCUT2D eigenvalue weighted by Crippen LogP contribution is 2.32. The van der Waals surface area contributed by atoms with Gasteiger partial charge in [0.2, 0.25) is 5.82 Å². The van der Waals surface area contributed by atoms with Gasteiger partial charge in [0.1, 0.15) is 0 Å². The van der Waals surface area contributed by atoms with Crippen molar-refractivity contribution in [2.24, 2.45) is 5.92 Å². The smallest absolute Gasteiger partial charge is 0.289 e. The van der Waals surface area contributed by atoms with E-state index in [4.69, 9.17) is 0 Å². The molecule has 1 unspecified atom stereocenters. The monoisotopic (exact) mass is 258 g/mol. The van der Waals surface area contributed by atoms with Crippen molar-refractivity contribution in [3.05, 3.63) is 29.3 Å². The first-order valence-corrected chi connectivity index (χ1v) is 6.69. The molecule has 0 aliphatic heterocycles. The molecule has 0 saturated heterocycles. The lowest BCUT2D eigenvalue weighted by Gasteiger charge is -2.11. The summed E-state index contributed by atoms with van der Waals surface area (Å²) in [6.45, 7) is 5.97. The van der Waals surface area contributed by atoms with E-state index in [9.17, 15) is 4.79 Å². The van der Waals surface area contributed by atoms with E-state index in [1.54, 1.807) is 10.7 Å². The number of imidazole rings is 1. The fourth-order valence-corrected chi connectivity index (χ4v) is 2.43. The number of amides is 1. The van der Waals surface area contributed by atoms with Crippen LogP contribution >= 0.6 is 0 Å². The molecule has 0 bridgehead atoms. The van der Waals surface area contributed by atoms with Crippen LogP contribution in [0, 0.1) is 19.8 Å². The van der Waals surface area contributed by atoms with Crippen LogP contribution in [0.5, 0.6) is 0 Å². The van der Waals surface area contributed by atoms with Crippen LogP contribution in [0.4, 0.5) is 0 Å². The first-order valence-electron chi connectivity index (χ1n) is 6.69. The fourth-order valence-electron chi connectivity index (χ4n) is 2.43. The van der Waals surface area contributed by atoms with E-state index in [0.29, 0.717) is 11.7 Å². The molecular formula is C14H18N4O. The molecule has 0 radical (unpaired) electrons. The number of nitrogens with one attached hydrogen (secondary N) is 1. The number of aromatic nitrogens is 3. The first kappa shape index (κ1) is 12.1. The largest absolute Gasteiger partial charge is 0.347 e. The third-order valence-electron chi connectivity index (χ3n) is 3.72. The maximum absolute atomic E-state index is 12.3. The average Bonchev–Trinajstić information content (AvgIpc) is 3.09. The second-order valence-corrected chi connectivity index (χ2v) is 5.45. The van der Waals surface area contributed by atoms with Gasteiger partial charge in [-0.15, -0.1) is 0 Å². The summed E-state index contributed by atoms with van der Waals surface area (Å²) in [7, 11) is 0. The molecule has 1 saturated carbocycles. The van der Waals surface area contributed by atoms with Crippen molar-refractivity contribution in [1.29, 1.82) is 0 Å². The maximum atomic E-state index is 12.3. The highest BCUT2D eigenvalue weighted by Gasteiger charge is 2.30. The highest BCUT2D eigenvalue weighted by molar-refractivity contribution is 5.92. The number of fused-ring (bicyclic) bond motifs is 1. The third kappa shape index (κ3) is 2.20.